The number of nitrogens with zero attached hydrogens (tertiary/aromatic N) is 2. The smallest absolute Gasteiger partial charge is 0.218 e. The van der Waals surface area contributed by atoms with Gasteiger partial charge in [0, 0.05) is 13.1 Å². The van der Waals surface area contributed by atoms with Crippen molar-refractivity contribution in [2.45, 2.75) is 37.6 Å². The predicted octanol–water partition coefficient (Wildman–Crippen LogP) is 4.28. The molecule has 0 aliphatic rings. The zero-order valence-corrected chi connectivity index (χ0v) is 18.3. The van der Waals surface area contributed by atoms with E-state index in [1.54, 1.807) is 44.6 Å². The number of sulfonamides is 1. The highest BCUT2D eigenvalue weighted by Gasteiger charge is 2.31. The van der Waals surface area contributed by atoms with Gasteiger partial charge in [0.2, 0.25) is 10.0 Å². The van der Waals surface area contributed by atoms with Crippen molar-refractivity contribution in [1.29, 1.82) is 5.26 Å². The molecule has 1 atom stereocenters. The lowest BCUT2D eigenvalue weighted by atomic mass is 10.2. The summed E-state index contributed by atoms with van der Waals surface area (Å²) in [5, 5.41) is 8.41. The molecule has 0 bridgehead atoms. The molecule has 0 N–H and O–H groups in total. The van der Waals surface area contributed by atoms with E-state index in [4.69, 9.17) is 9.47 Å². The lowest BCUT2D eigenvalue weighted by Crippen LogP contribution is -2.38. The van der Waals surface area contributed by atoms with Gasteiger partial charge in [-0.15, -0.1) is 6.58 Å². The minimum absolute atomic E-state index is 0.0576. The molecular formula is C23H28N2O4S. The second kappa shape index (κ2) is 11.4. The van der Waals surface area contributed by atoms with Crippen LogP contribution < -0.4 is 9.47 Å². The Morgan fingerprint density at radius 2 is 1.47 bits per heavy atom. The molecule has 0 saturated heterocycles. The molecule has 2 rings (SSSR count). The number of allylic oxidation sites excluding steroid dienone is 1. The van der Waals surface area contributed by atoms with Crippen molar-refractivity contribution >= 4 is 10.0 Å². The highest BCUT2D eigenvalue weighted by atomic mass is 32.2. The summed E-state index contributed by atoms with van der Waals surface area (Å²) < 4.78 is 38.8. The molecule has 0 saturated carbocycles. The summed E-state index contributed by atoms with van der Waals surface area (Å²) in [6, 6.07) is 16.6. The highest BCUT2D eigenvalue weighted by molar-refractivity contribution is 7.89. The van der Waals surface area contributed by atoms with Crippen LogP contribution in [0.25, 0.3) is 0 Å². The molecule has 2 aromatic rings. The van der Waals surface area contributed by atoms with E-state index in [2.05, 4.69) is 6.58 Å². The monoisotopic (exact) mass is 428 g/mol. The van der Waals surface area contributed by atoms with Crippen LogP contribution in [0.3, 0.4) is 0 Å². The van der Waals surface area contributed by atoms with Crippen LogP contribution in [0.4, 0.5) is 0 Å². The van der Waals surface area contributed by atoms with Gasteiger partial charge >= 0.3 is 0 Å². The van der Waals surface area contributed by atoms with Crippen LogP contribution in [0.1, 0.15) is 30.4 Å². The van der Waals surface area contributed by atoms with Gasteiger partial charge < -0.3 is 9.47 Å². The van der Waals surface area contributed by atoms with Gasteiger partial charge in [-0.3, -0.25) is 0 Å². The Bertz CT molecular complexity index is 899. The second-order valence-corrected chi connectivity index (χ2v) is 9.07. The second-order valence-electron chi connectivity index (χ2n) is 6.86. The number of hydrogen-bond acceptors (Lipinski definition) is 5. The van der Waals surface area contributed by atoms with Crippen LogP contribution in [-0.4, -0.2) is 32.2 Å². The lowest BCUT2D eigenvalue weighted by Gasteiger charge is -2.27. The molecule has 1 unspecified atom stereocenters. The highest BCUT2D eigenvalue weighted by Crippen LogP contribution is 2.24. The number of methoxy groups -OCH3 is 2. The number of ether oxygens (including phenoxy) is 2. The predicted molar refractivity (Wildman–Crippen MR) is 118 cm³/mol. The molecule has 0 heterocycles. The van der Waals surface area contributed by atoms with E-state index in [0.717, 1.165) is 11.1 Å². The zero-order valence-electron chi connectivity index (χ0n) is 17.5. The Hall–Kier alpha value is -2.82. The molecule has 0 radical (unpaired) electrons. The van der Waals surface area contributed by atoms with Crippen LogP contribution >= 0.6 is 0 Å². The van der Waals surface area contributed by atoms with Gasteiger partial charge in [-0.05, 0) is 48.2 Å². The molecule has 7 heteroatoms. The Morgan fingerprint density at radius 3 is 1.83 bits per heavy atom. The van der Waals surface area contributed by atoms with Gasteiger partial charge in [-0.2, -0.15) is 9.57 Å². The number of nitriles is 1. The summed E-state index contributed by atoms with van der Waals surface area (Å²) in [7, 11) is -0.555. The van der Waals surface area contributed by atoms with E-state index in [1.165, 1.54) is 4.31 Å². The van der Waals surface area contributed by atoms with Crippen LogP contribution in [0.5, 0.6) is 11.5 Å². The first kappa shape index (κ1) is 23.5. The van der Waals surface area contributed by atoms with E-state index >= 15 is 0 Å². The van der Waals surface area contributed by atoms with Crippen molar-refractivity contribution in [2.75, 3.05) is 14.2 Å². The molecule has 2 aromatic carbocycles. The third-order valence-corrected chi connectivity index (χ3v) is 7.05. The maximum absolute atomic E-state index is 13.5. The Kier molecular flexibility index (Phi) is 8.90. The van der Waals surface area contributed by atoms with Crippen molar-refractivity contribution in [3.05, 3.63) is 72.3 Å². The largest absolute Gasteiger partial charge is 0.497 e. The first-order valence-electron chi connectivity index (χ1n) is 9.67. The fraction of sp³-hybridized carbons (Fsp3) is 0.348. The topological polar surface area (TPSA) is 79.6 Å². The molecule has 0 aliphatic carbocycles. The molecule has 0 aliphatic heterocycles. The van der Waals surface area contributed by atoms with Gasteiger partial charge in [0.25, 0.3) is 0 Å². The summed E-state index contributed by atoms with van der Waals surface area (Å²) >= 11 is 0. The summed E-state index contributed by atoms with van der Waals surface area (Å²) in [6.45, 7) is 4.08. The number of rotatable bonds is 12. The third kappa shape index (κ3) is 6.34. The van der Waals surface area contributed by atoms with Crippen molar-refractivity contribution in [3.8, 4) is 17.6 Å². The molecular weight excluding hydrogens is 400 g/mol. The van der Waals surface area contributed by atoms with Crippen LogP contribution in [-0.2, 0) is 23.1 Å². The number of benzene rings is 2. The molecule has 0 amide bonds. The maximum Gasteiger partial charge on any atom is 0.218 e. The fourth-order valence-electron chi connectivity index (χ4n) is 3.08. The first-order chi connectivity index (χ1) is 14.4. The van der Waals surface area contributed by atoms with Crippen molar-refractivity contribution in [3.63, 3.8) is 0 Å². The minimum atomic E-state index is -3.72. The lowest BCUT2D eigenvalue weighted by molar-refractivity contribution is 0.389. The third-order valence-electron chi connectivity index (χ3n) is 4.83. The summed E-state index contributed by atoms with van der Waals surface area (Å²) in [5.74, 6) is 1.41. The molecule has 0 fully saturated rings. The quantitative estimate of drug-likeness (QED) is 0.471. The first-order valence-corrected chi connectivity index (χ1v) is 11.2. The summed E-state index contributed by atoms with van der Waals surface area (Å²) in [4.78, 5) is 0. The Labute approximate surface area is 179 Å². The number of hydrogen-bond donors (Lipinski definition) is 0. The maximum atomic E-state index is 13.5. The van der Waals surface area contributed by atoms with E-state index in [0.29, 0.717) is 24.3 Å². The van der Waals surface area contributed by atoms with Crippen molar-refractivity contribution in [2.24, 2.45) is 0 Å². The van der Waals surface area contributed by atoms with Gasteiger partial charge in [0.15, 0.2) is 0 Å². The van der Waals surface area contributed by atoms with Crippen molar-refractivity contribution in [1.82, 2.24) is 4.31 Å². The Morgan fingerprint density at radius 1 is 1.00 bits per heavy atom. The van der Waals surface area contributed by atoms with Gasteiger partial charge in [-0.25, -0.2) is 8.42 Å². The van der Waals surface area contributed by atoms with Crippen LogP contribution in [0.15, 0.2) is 61.2 Å². The van der Waals surface area contributed by atoms with Crippen LogP contribution in [0, 0.1) is 11.3 Å². The van der Waals surface area contributed by atoms with Gasteiger partial charge in [0.05, 0.1) is 32.0 Å². The molecule has 160 valence electrons. The zero-order chi connectivity index (χ0) is 22.0. The average molecular weight is 429 g/mol. The average Bonchev–Trinajstić information content (AvgIpc) is 2.77. The summed E-state index contributed by atoms with van der Waals surface area (Å²) in [5.41, 5.74) is 1.68. The van der Waals surface area contributed by atoms with Gasteiger partial charge in [-0.1, -0.05) is 30.3 Å². The molecule has 0 aromatic heterocycles. The van der Waals surface area contributed by atoms with E-state index in [9.17, 15) is 13.7 Å². The van der Waals surface area contributed by atoms with Crippen LogP contribution in [0.2, 0.25) is 0 Å². The van der Waals surface area contributed by atoms with Gasteiger partial charge in [0.1, 0.15) is 11.5 Å². The fourth-order valence-corrected chi connectivity index (χ4v) is 4.88. The van der Waals surface area contributed by atoms with Crippen molar-refractivity contribution < 1.29 is 17.9 Å². The standard InChI is InChI=1S/C23H28N2O4S/c1-4-5-6-23(15-16-24)30(26,27)25(17-19-7-11-21(28-2)12-8-19)18-20-9-13-22(29-3)14-10-20/h4,7-14,23H,1,5-6,15,17-18H2,2-3H3. The normalized spacial score (nSPS) is 12.2. The molecule has 30 heavy (non-hydrogen) atoms. The van der Waals surface area contributed by atoms with E-state index in [-0.39, 0.29) is 19.5 Å². The summed E-state index contributed by atoms with van der Waals surface area (Å²) in [6.07, 6.45) is 2.51. The molecule has 6 nitrogen and oxygen atoms in total. The van der Waals surface area contributed by atoms with E-state index in [1.807, 2.05) is 30.3 Å². The molecule has 0 spiro atoms. The van der Waals surface area contributed by atoms with E-state index < -0.39 is 15.3 Å². The SMILES string of the molecule is C=CCCC(CC#N)S(=O)(=O)N(Cc1ccc(OC)cc1)Cc1ccc(OC)cc1. The minimum Gasteiger partial charge on any atom is -0.497 e. The Balaban J connectivity index is 2.35.